The van der Waals surface area contributed by atoms with Crippen molar-refractivity contribution < 1.29 is 4.79 Å². The van der Waals surface area contributed by atoms with Crippen LogP contribution in [0.15, 0.2) is 0 Å². The van der Waals surface area contributed by atoms with Crippen molar-refractivity contribution in [1.29, 1.82) is 0 Å². The average molecular weight is 213 g/mol. The number of nitrogens with two attached hydrogens (primary N) is 1. The van der Waals surface area contributed by atoms with Crippen LogP contribution in [0.3, 0.4) is 0 Å². The van der Waals surface area contributed by atoms with E-state index < -0.39 is 0 Å². The van der Waals surface area contributed by atoms with Crippen molar-refractivity contribution in [3.63, 3.8) is 0 Å². The molecule has 0 aromatic carbocycles. The van der Waals surface area contributed by atoms with E-state index in [4.69, 9.17) is 5.73 Å². The molecule has 3 N–H and O–H groups in total. The van der Waals surface area contributed by atoms with Crippen LogP contribution in [0, 0.1) is 0 Å². The quantitative estimate of drug-likeness (QED) is 0.692. The molecule has 4 heteroatoms. The van der Waals surface area contributed by atoms with E-state index >= 15 is 0 Å². The van der Waals surface area contributed by atoms with Crippen LogP contribution in [0.2, 0.25) is 0 Å². The van der Waals surface area contributed by atoms with Crippen LogP contribution in [0.25, 0.3) is 0 Å². The standard InChI is InChI=1S/C11H23N3O/c1-3-14(8-10(15)13-2)11(9-12)6-4-5-7-11/h3-9,12H2,1-2H3,(H,13,15). The number of likely N-dealkylation sites (N-methyl/N-ethyl adjacent to an activating group) is 2. The summed E-state index contributed by atoms with van der Waals surface area (Å²) < 4.78 is 0. The Morgan fingerprint density at radius 2 is 2.07 bits per heavy atom. The Labute approximate surface area is 92.2 Å². The fourth-order valence-corrected chi connectivity index (χ4v) is 2.55. The van der Waals surface area contributed by atoms with Gasteiger partial charge in [0.1, 0.15) is 0 Å². The van der Waals surface area contributed by atoms with Gasteiger partial charge in [0.25, 0.3) is 0 Å². The monoisotopic (exact) mass is 213 g/mol. The van der Waals surface area contributed by atoms with Crippen molar-refractivity contribution >= 4 is 5.91 Å². The molecule has 0 aromatic rings. The highest BCUT2D eigenvalue weighted by Gasteiger charge is 2.38. The number of rotatable bonds is 5. The molecule has 1 fully saturated rings. The van der Waals surface area contributed by atoms with Crippen LogP contribution in [-0.4, -0.2) is 43.0 Å². The van der Waals surface area contributed by atoms with Crippen molar-refractivity contribution in [2.24, 2.45) is 5.73 Å². The number of hydrogen-bond donors (Lipinski definition) is 2. The van der Waals surface area contributed by atoms with E-state index in [0.717, 1.165) is 19.4 Å². The maximum atomic E-state index is 11.4. The van der Waals surface area contributed by atoms with Crippen LogP contribution in [0.1, 0.15) is 32.6 Å². The summed E-state index contributed by atoms with van der Waals surface area (Å²) in [5, 5.41) is 2.67. The normalized spacial score (nSPS) is 19.5. The molecule has 1 amide bonds. The van der Waals surface area contributed by atoms with Crippen LogP contribution >= 0.6 is 0 Å². The highest BCUT2D eigenvalue weighted by molar-refractivity contribution is 5.77. The third kappa shape index (κ3) is 2.69. The highest BCUT2D eigenvalue weighted by atomic mass is 16.1. The van der Waals surface area contributed by atoms with Gasteiger partial charge in [-0.1, -0.05) is 19.8 Å². The molecule has 0 heterocycles. The van der Waals surface area contributed by atoms with Gasteiger partial charge in [0, 0.05) is 19.1 Å². The molecule has 15 heavy (non-hydrogen) atoms. The van der Waals surface area contributed by atoms with Gasteiger partial charge in [-0.2, -0.15) is 0 Å². The average Bonchev–Trinajstić information content (AvgIpc) is 2.75. The first-order valence-corrected chi connectivity index (χ1v) is 5.84. The molecule has 1 aliphatic carbocycles. The second-order valence-electron chi connectivity index (χ2n) is 4.32. The molecule has 1 rings (SSSR count). The molecule has 0 atom stereocenters. The zero-order chi connectivity index (χ0) is 11.3. The third-order valence-electron chi connectivity index (χ3n) is 3.58. The van der Waals surface area contributed by atoms with E-state index in [1.54, 1.807) is 7.05 Å². The van der Waals surface area contributed by atoms with Gasteiger partial charge in [0.15, 0.2) is 0 Å². The molecule has 0 aromatic heterocycles. The molecule has 1 aliphatic rings. The van der Waals surface area contributed by atoms with Gasteiger partial charge < -0.3 is 11.1 Å². The largest absolute Gasteiger partial charge is 0.358 e. The zero-order valence-electron chi connectivity index (χ0n) is 9.88. The molecule has 0 radical (unpaired) electrons. The molecule has 0 spiro atoms. The fourth-order valence-electron chi connectivity index (χ4n) is 2.55. The van der Waals surface area contributed by atoms with Gasteiger partial charge in [0.05, 0.1) is 6.54 Å². The molecule has 0 unspecified atom stereocenters. The first-order valence-electron chi connectivity index (χ1n) is 5.84. The van der Waals surface area contributed by atoms with Crippen molar-refractivity contribution in [3.05, 3.63) is 0 Å². The number of amides is 1. The predicted molar refractivity (Wildman–Crippen MR) is 61.6 cm³/mol. The fraction of sp³-hybridized carbons (Fsp3) is 0.909. The smallest absolute Gasteiger partial charge is 0.233 e. The minimum atomic E-state index is 0.0802. The summed E-state index contributed by atoms with van der Waals surface area (Å²) >= 11 is 0. The van der Waals surface area contributed by atoms with E-state index in [9.17, 15) is 4.79 Å². The van der Waals surface area contributed by atoms with E-state index in [0.29, 0.717) is 13.1 Å². The van der Waals surface area contributed by atoms with Gasteiger partial charge >= 0.3 is 0 Å². The van der Waals surface area contributed by atoms with Crippen LogP contribution in [-0.2, 0) is 4.79 Å². The Balaban J connectivity index is 2.66. The first kappa shape index (κ1) is 12.5. The van der Waals surface area contributed by atoms with E-state index in [2.05, 4.69) is 17.1 Å². The van der Waals surface area contributed by atoms with Gasteiger partial charge in [-0.25, -0.2) is 0 Å². The van der Waals surface area contributed by atoms with E-state index in [-0.39, 0.29) is 11.4 Å². The Hall–Kier alpha value is -0.610. The molecule has 1 saturated carbocycles. The molecule has 88 valence electrons. The number of nitrogens with one attached hydrogen (secondary N) is 1. The lowest BCUT2D eigenvalue weighted by molar-refractivity contribution is -0.123. The zero-order valence-corrected chi connectivity index (χ0v) is 9.88. The summed E-state index contributed by atoms with van der Waals surface area (Å²) in [6.45, 7) is 4.13. The summed E-state index contributed by atoms with van der Waals surface area (Å²) in [5.41, 5.74) is 5.97. The van der Waals surface area contributed by atoms with Gasteiger partial charge in [-0.3, -0.25) is 9.69 Å². The maximum Gasteiger partial charge on any atom is 0.233 e. The lowest BCUT2D eigenvalue weighted by Gasteiger charge is -2.39. The molecular formula is C11H23N3O. The molecule has 0 bridgehead atoms. The van der Waals surface area contributed by atoms with Crippen LogP contribution in [0.4, 0.5) is 0 Å². The third-order valence-corrected chi connectivity index (χ3v) is 3.58. The van der Waals surface area contributed by atoms with Crippen LogP contribution < -0.4 is 11.1 Å². The minimum absolute atomic E-state index is 0.0802. The summed E-state index contributed by atoms with van der Waals surface area (Å²) in [6, 6.07) is 0. The van der Waals surface area contributed by atoms with Gasteiger partial charge in [-0.15, -0.1) is 0 Å². The number of nitrogens with zero attached hydrogens (tertiary/aromatic N) is 1. The Bertz CT molecular complexity index is 212. The molecule has 0 saturated heterocycles. The summed E-state index contributed by atoms with van der Waals surface area (Å²) in [6.07, 6.45) is 4.74. The second-order valence-corrected chi connectivity index (χ2v) is 4.32. The SMILES string of the molecule is CCN(CC(=O)NC)C1(CN)CCCC1. The van der Waals surface area contributed by atoms with Crippen molar-refractivity contribution in [2.75, 3.05) is 26.7 Å². The summed E-state index contributed by atoms with van der Waals surface area (Å²) in [5.74, 6) is 0.0802. The maximum absolute atomic E-state index is 11.4. The first-order chi connectivity index (χ1) is 7.18. The van der Waals surface area contributed by atoms with E-state index in [1.165, 1.54) is 12.8 Å². The van der Waals surface area contributed by atoms with Crippen molar-refractivity contribution in [2.45, 2.75) is 38.1 Å². The Kier molecular flexibility index (Phi) is 4.54. The summed E-state index contributed by atoms with van der Waals surface area (Å²) in [7, 11) is 1.68. The minimum Gasteiger partial charge on any atom is -0.358 e. The van der Waals surface area contributed by atoms with Gasteiger partial charge in [0.2, 0.25) is 5.91 Å². The Morgan fingerprint density at radius 3 is 2.47 bits per heavy atom. The molecule has 0 aliphatic heterocycles. The van der Waals surface area contributed by atoms with Crippen molar-refractivity contribution in [3.8, 4) is 0 Å². The van der Waals surface area contributed by atoms with Crippen LogP contribution in [0.5, 0.6) is 0 Å². The van der Waals surface area contributed by atoms with Gasteiger partial charge in [-0.05, 0) is 19.4 Å². The molecular weight excluding hydrogens is 190 g/mol. The number of carbonyl (C=O) groups is 1. The lowest BCUT2D eigenvalue weighted by atomic mass is 9.95. The summed E-state index contributed by atoms with van der Waals surface area (Å²) in [4.78, 5) is 13.6. The predicted octanol–water partition coefficient (Wildman–Crippen LogP) is 0.326. The highest BCUT2D eigenvalue weighted by Crippen LogP contribution is 2.34. The Morgan fingerprint density at radius 1 is 1.47 bits per heavy atom. The van der Waals surface area contributed by atoms with E-state index in [1.807, 2.05) is 0 Å². The topological polar surface area (TPSA) is 58.4 Å². The lowest BCUT2D eigenvalue weighted by Crippen LogP contribution is -2.54. The second kappa shape index (κ2) is 5.47. The number of carbonyl (C=O) groups excluding carboxylic acids is 1. The van der Waals surface area contributed by atoms with Crippen molar-refractivity contribution in [1.82, 2.24) is 10.2 Å². The molecule has 4 nitrogen and oxygen atoms in total. The number of hydrogen-bond acceptors (Lipinski definition) is 3.